The van der Waals surface area contributed by atoms with Crippen molar-refractivity contribution < 1.29 is 34.1 Å². The molecule has 0 aromatic heterocycles. The molecule has 1 aromatic rings. The number of hydrogen-bond acceptors (Lipinski definition) is 6. The lowest BCUT2D eigenvalue weighted by molar-refractivity contribution is -0.169. The van der Waals surface area contributed by atoms with Gasteiger partial charge in [0.25, 0.3) is 0 Å². The van der Waals surface area contributed by atoms with Crippen LogP contribution in [0.2, 0.25) is 0 Å². The van der Waals surface area contributed by atoms with Crippen LogP contribution in [0.4, 0.5) is 0 Å². The third-order valence-electron chi connectivity index (χ3n) is 2.56. The van der Waals surface area contributed by atoms with Gasteiger partial charge in [-0.2, -0.15) is 0 Å². The molecule has 0 radical (unpaired) electrons. The number of aliphatic hydroxyl groups is 1. The summed E-state index contributed by atoms with van der Waals surface area (Å²) < 4.78 is 9.70. The molecule has 3 rings (SSSR count). The molecule has 7 heteroatoms. The van der Waals surface area contributed by atoms with E-state index < -0.39 is 36.4 Å². The molecular weight excluding hydrogens is 256 g/mol. The third-order valence-corrected chi connectivity index (χ3v) is 2.56. The average Bonchev–Trinajstić information content (AvgIpc) is 2.33. The maximum atomic E-state index is 11.5. The van der Waals surface area contributed by atoms with Gasteiger partial charge in [0.2, 0.25) is 0 Å². The molecule has 0 saturated heterocycles. The number of fused-ring (bicyclic) bond motifs is 8. The molecule has 0 spiro atoms. The fraction of sp³-hybridized carbons (Fsp3) is 0.250. The van der Waals surface area contributed by atoms with Gasteiger partial charge in [0.05, 0.1) is 12.8 Å². The van der Waals surface area contributed by atoms with E-state index in [4.69, 9.17) is 14.6 Å². The first-order valence-corrected chi connectivity index (χ1v) is 5.36. The summed E-state index contributed by atoms with van der Waals surface area (Å²) in [7, 11) is 0. The fourth-order valence-corrected chi connectivity index (χ4v) is 1.60. The lowest BCUT2D eigenvalue weighted by Gasteiger charge is -2.20. The highest BCUT2D eigenvalue weighted by Gasteiger charge is 2.42. The Kier molecular flexibility index (Phi) is 3.22. The third kappa shape index (κ3) is 2.89. The van der Waals surface area contributed by atoms with Crippen LogP contribution in [0.25, 0.3) is 0 Å². The molecule has 1 aromatic carbocycles. The molecule has 0 atom stereocenters. The molecule has 0 aliphatic carbocycles. The Labute approximate surface area is 107 Å². The highest BCUT2D eigenvalue weighted by Crippen LogP contribution is 2.24. The standard InChI is InChI=1S/C12H10O7/c13-9-5-12(17,11(15)16)6-10(14)19-8-2-1-7(18-9)3-4-8/h1-4,17H,5-6H2,(H,15,16). The average molecular weight is 266 g/mol. The van der Waals surface area contributed by atoms with E-state index in [1.807, 2.05) is 0 Å². The summed E-state index contributed by atoms with van der Waals surface area (Å²) >= 11 is 0. The fourth-order valence-electron chi connectivity index (χ4n) is 1.60. The van der Waals surface area contributed by atoms with Gasteiger partial charge in [0.15, 0.2) is 5.60 Å². The van der Waals surface area contributed by atoms with Crippen molar-refractivity contribution in [2.24, 2.45) is 0 Å². The quantitative estimate of drug-likeness (QED) is 0.548. The number of benzene rings is 1. The van der Waals surface area contributed by atoms with Crippen LogP contribution in [0.15, 0.2) is 24.3 Å². The van der Waals surface area contributed by atoms with E-state index in [0.717, 1.165) is 0 Å². The number of hydrogen-bond donors (Lipinski definition) is 2. The van der Waals surface area contributed by atoms with Crippen LogP contribution < -0.4 is 9.47 Å². The van der Waals surface area contributed by atoms with Crippen molar-refractivity contribution in [3.8, 4) is 11.5 Å². The molecule has 0 fully saturated rings. The highest BCUT2D eigenvalue weighted by molar-refractivity contribution is 5.90. The zero-order chi connectivity index (χ0) is 14.0. The van der Waals surface area contributed by atoms with Gasteiger partial charge in [-0.1, -0.05) is 0 Å². The first-order chi connectivity index (χ1) is 8.89. The van der Waals surface area contributed by atoms with E-state index >= 15 is 0 Å². The first kappa shape index (κ1) is 13.0. The second-order valence-electron chi connectivity index (χ2n) is 4.11. The minimum atomic E-state index is -2.54. The second-order valence-corrected chi connectivity index (χ2v) is 4.11. The molecule has 100 valence electrons. The lowest BCUT2D eigenvalue weighted by Crippen LogP contribution is -2.44. The number of carbonyl (C=O) groups is 3. The van der Waals surface area contributed by atoms with Crippen molar-refractivity contribution in [2.45, 2.75) is 18.4 Å². The summed E-state index contributed by atoms with van der Waals surface area (Å²) in [6, 6.07) is 5.58. The molecule has 2 aliphatic rings. The van der Waals surface area contributed by atoms with Crippen LogP contribution >= 0.6 is 0 Å². The molecule has 7 nitrogen and oxygen atoms in total. The smallest absolute Gasteiger partial charge is 0.336 e. The van der Waals surface area contributed by atoms with Gasteiger partial charge < -0.3 is 19.7 Å². The maximum Gasteiger partial charge on any atom is 0.336 e. The predicted molar refractivity (Wildman–Crippen MR) is 59.5 cm³/mol. The van der Waals surface area contributed by atoms with Gasteiger partial charge in [-0.05, 0) is 24.3 Å². The zero-order valence-electron chi connectivity index (χ0n) is 9.66. The Hall–Kier alpha value is -2.41. The van der Waals surface area contributed by atoms with Crippen LogP contribution in [0.1, 0.15) is 12.8 Å². The van der Waals surface area contributed by atoms with Crippen molar-refractivity contribution in [1.82, 2.24) is 0 Å². The van der Waals surface area contributed by atoms with Gasteiger partial charge in [-0.25, -0.2) is 4.79 Å². The minimum Gasteiger partial charge on any atom is -0.479 e. The van der Waals surface area contributed by atoms with Crippen LogP contribution in [-0.4, -0.2) is 33.7 Å². The molecule has 2 bridgehead atoms. The molecule has 2 heterocycles. The lowest BCUT2D eigenvalue weighted by atomic mass is 9.96. The maximum absolute atomic E-state index is 11.5. The van der Waals surface area contributed by atoms with Gasteiger partial charge in [0.1, 0.15) is 11.5 Å². The zero-order valence-corrected chi connectivity index (χ0v) is 9.66. The van der Waals surface area contributed by atoms with Crippen LogP contribution in [0.5, 0.6) is 11.5 Å². The predicted octanol–water partition coefficient (Wildman–Crippen LogP) is 0.107. The molecule has 0 unspecified atom stereocenters. The van der Waals surface area contributed by atoms with E-state index in [2.05, 4.69) is 0 Å². The number of carbonyl (C=O) groups excluding carboxylic acids is 2. The topological polar surface area (TPSA) is 110 Å². The number of esters is 2. The first-order valence-electron chi connectivity index (χ1n) is 5.36. The van der Waals surface area contributed by atoms with Gasteiger partial charge in [-0.15, -0.1) is 0 Å². The molecule has 0 amide bonds. The number of aliphatic carboxylic acids is 1. The van der Waals surface area contributed by atoms with Crippen molar-refractivity contribution in [3.05, 3.63) is 24.3 Å². The largest absolute Gasteiger partial charge is 0.479 e. The van der Waals surface area contributed by atoms with E-state index in [1.165, 1.54) is 24.3 Å². The van der Waals surface area contributed by atoms with Crippen LogP contribution in [0.3, 0.4) is 0 Å². The molecule has 0 saturated carbocycles. The summed E-state index contributed by atoms with van der Waals surface area (Å²) in [5.41, 5.74) is -2.54. The van der Waals surface area contributed by atoms with E-state index in [-0.39, 0.29) is 11.5 Å². The van der Waals surface area contributed by atoms with Crippen molar-refractivity contribution >= 4 is 17.9 Å². The highest BCUT2D eigenvalue weighted by atomic mass is 16.5. The van der Waals surface area contributed by atoms with E-state index in [1.54, 1.807) is 0 Å². The van der Waals surface area contributed by atoms with E-state index in [0.29, 0.717) is 0 Å². The molecule has 2 N–H and O–H groups in total. The Balaban J connectivity index is 2.36. The molecular formula is C12H10O7. The Morgan fingerprint density at radius 2 is 1.37 bits per heavy atom. The normalized spacial score (nSPS) is 18.2. The van der Waals surface area contributed by atoms with Crippen LogP contribution in [0, 0.1) is 0 Å². The number of carboxylic acids is 1. The van der Waals surface area contributed by atoms with Crippen molar-refractivity contribution in [1.29, 1.82) is 0 Å². The molecule has 2 aliphatic heterocycles. The summed E-state index contributed by atoms with van der Waals surface area (Å²) in [6.07, 6.45) is -1.70. The van der Waals surface area contributed by atoms with Crippen molar-refractivity contribution in [3.63, 3.8) is 0 Å². The summed E-state index contributed by atoms with van der Waals surface area (Å²) in [4.78, 5) is 34.1. The van der Waals surface area contributed by atoms with Crippen molar-refractivity contribution in [2.75, 3.05) is 0 Å². The summed E-state index contributed by atoms with van der Waals surface area (Å²) in [6.45, 7) is 0. The van der Waals surface area contributed by atoms with Gasteiger partial charge in [-0.3, -0.25) is 9.59 Å². The van der Waals surface area contributed by atoms with Gasteiger partial charge >= 0.3 is 17.9 Å². The minimum absolute atomic E-state index is 0.166. The Morgan fingerprint density at radius 1 is 1.00 bits per heavy atom. The summed E-state index contributed by atoms with van der Waals surface area (Å²) in [5, 5.41) is 18.8. The number of ether oxygens (including phenoxy) is 2. The second kappa shape index (κ2) is 4.69. The van der Waals surface area contributed by atoms with E-state index in [9.17, 15) is 19.5 Å². The Bertz CT molecular complexity index is 493. The number of rotatable bonds is 1. The SMILES string of the molecule is O=C1CC(O)(C(=O)O)CC(=O)Oc2ccc(cc2)O1. The molecule has 19 heavy (non-hydrogen) atoms. The summed E-state index contributed by atoms with van der Waals surface area (Å²) in [5.74, 6) is -3.26. The monoisotopic (exact) mass is 266 g/mol. The Morgan fingerprint density at radius 3 is 1.68 bits per heavy atom. The number of carboxylic acid groups (broad SMARTS) is 1. The van der Waals surface area contributed by atoms with Gasteiger partial charge in [0, 0.05) is 0 Å². The van der Waals surface area contributed by atoms with Crippen LogP contribution in [-0.2, 0) is 14.4 Å².